The van der Waals surface area contributed by atoms with Crippen molar-refractivity contribution in [3.63, 3.8) is 0 Å². The van der Waals surface area contributed by atoms with Crippen molar-refractivity contribution in [2.45, 2.75) is 27.7 Å². The molecule has 0 amide bonds. The number of ether oxygens (including phenoxy) is 3. The lowest BCUT2D eigenvalue weighted by Crippen LogP contribution is -2.13. The molecule has 0 saturated heterocycles. The summed E-state index contributed by atoms with van der Waals surface area (Å²) in [5, 5.41) is 0.404. The molecule has 0 saturated carbocycles. The number of hydrogen-bond donors (Lipinski definition) is 1. The van der Waals surface area contributed by atoms with Crippen molar-refractivity contribution in [2.24, 2.45) is 5.73 Å². The molecule has 0 heterocycles. The maximum Gasteiger partial charge on any atom is 0.179 e. The second-order valence-corrected chi connectivity index (χ2v) is 6.78. The molecule has 0 atom stereocenters. The summed E-state index contributed by atoms with van der Waals surface area (Å²) in [5.41, 5.74) is 9.76. The van der Waals surface area contributed by atoms with E-state index < -0.39 is 0 Å². The van der Waals surface area contributed by atoms with Crippen molar-refractivity contribution in [1.29, 1.82) is 0 Å². The molecule has 2 N–H and O–H groups in total. The van der Waals surface area contributed by atoms with Gasteiger partial charge in [-0.1, -0.05) is 36.0 Å². The molecular weight excluding hydrogens is 370 g/mol. The summed E-state index contributed by atoms with van der Waals surface area (Å²) in [6, 6.07) is 7.56. The number of halogens is 1. The van der Waals surface area contributed by atoms with E-state index in [1.807, 2.05) is 13.8 Å². The van der Waals surface area contributed by atoms with Gasteiger partial charge in [0.05, 0.1) is 11.6 Å². The Balaban J connectivity index is 2.08. The fraction of sp³-hybridized carbons (Fsp3) is 0.350. The summed E-state index contributed by atoms with van der Waals surface area (Å²) in [6.07, 6.45) is 0. The quantitative estimate of drug-likeness (QED) is 0.517. The van der Waals surface area contributed by atoms with Crippen molar-refractivity contribution >= 4 is 28.8 Å². The van der Waals surface area contributed by atoms with E-state index in [0.717, 1.165) is 16.9 Å². The minimum Gasteiger partial charge on any atom is -0.490 e. The van der Waals surface area contributed by atoms with Gasteiger partial charge in [-0.05, 0) is 56.5 Å². The SMILES string of the molecule is CCOc1cc(C(N)=S)cc(Cl)c1OCCOc1c(C)ccc(C)c1C. The highest BCUT2D eigenvalue weighted by Gasteiger charge is 2.14. The van der Waals surface area contributed by atoms with Crippen LogP contribution in [0.15, 0.2) is 24.3 Å². The molecule has 0 fully saturated rings. The van der Waals surface area contributed by atoms with Crippen LogP contribution in [0.25, 0.3) is 0 Å². The number of thiocarbonyl (C=S) groups is 1. The van der Waals surface area contributed by atoms with Crippen molar-refractivity contribution < 1.29 is 14.2 Å². The summed E-state index contributed by atoms with van der Waals surface area (Å²) in [5.74, 6) is 1.88. The van der Waals surface area contributed by atoms with Crippen LogP contribution in [0.1, 0.15) is 29.2 Å². The van der Waals surface area contributed by atoms with Crippen LogP contribution >= 0.6 is 23.8 Å². The molecule has 140 valence electrons. The van der Waals surface area contributed by atoms with E-state index in [1.165, 1.54) is 5.56 Å². The van der Waals surface area contributed by atoms with Crippen molar-refractivity contribution in [3.05, 3.63) is 51.5 Å². The zero-order valence-electron chi connectivity index (χ0n) is 15.5. The average Bonchev–Trinajstić information content (AvgIpc) is 2.59. The van der Waals surface area contributed by atoms with Crippen LogP contribution in [0.3, 0.4) is 0 Å². The van der Waals surface area contributed by atoms with Gasteiger partial charge in [0.2, 0.25) is 0 Å². The van der Waals surface area contributed by atoms with Crippen LogP contribution < -0.4 is 19.9 Å². The number of nitrogens with two attached hydrogens (primary N) is 1. The summed E-state index contributed by atoms with van der Waals surface area (Å²) < 4.78 is 17.4. The first-order chi connectivity index (χ1) is 12.3. The highest BCUT2D eigenvalue weighted by atomic mass is 35.5. The van der Waals surface area contributed by atoms with Crippen LogP contribution in [-0.4, -0.2) is 24.8 Å². The van der Waals surface area contributed by atoms with Crippen LogP contribution in [-0.2, 0) is 0 Å². The highest BCUT2D eigenvalue weighted by molar-refractivity contribution is 7.80. The predicted molar refractivity (Wildman–Crippen MR) is 110 cm³/mol. The van der Waals surface area contributed by atoms with E-state index in [2.05, 4.69) is 26.0 Å². The maximum absolute atomic E-state index is 6.32. The molecule has 26 heavy (non-hydrogen) atoms. The van der Waals surface area contributed by atoms with Gasteiger partial charge in [0.1, 0.15) is 24.0 Å². The molecule has 0 bridgehead atoms. The van der Waals surface area contributed by atoms with Crippen molar-refractivity contribution in [3.8, 4) is 17.2 Å². The summed E-state index contributed by atoms with van der Waals surface area (Å²) >= 11 is 11.3. The molecule has 6 heteroatoms. The molecule has 0 aliphatic carbocycles. The number of benzene rings is 2. The smallest absolute Gasteiger partial charge is 0.179 e. The van der Waals surface area contributed by atoms with Gasteiger partial charge in [0.25, 0.3) is 0 Å². The van der Waals surface area contributed by atoms with Crippen molar-refractivity contribution in [2.75, 3.05) is 19.8 Å². The number of rotatable bonds is 8. The number of aryl methyl sites for hydroxylation is 2. The van der Waals surface area contributed by atoms with Gasteiger partial charge in [0, 0.05) is 5.56 Å². The average molecular weight is 394 g/mol. The van der Waals surface area contributed by atoms with Gasteiger partial charge >= 0.3 is 0 Å². The Hall–Kier alpha value is -1.98. The first-order valence-corrected chi connectivity index (χ1v) is 9.22. The van der Waals surface area contributed by atoms with E-state index in [-0.39, 0.29) is 4.99 Å². The Kier molecular flexibility index (Phi) is 7.12. The lowest BCUT2D eigenvalue weighted by Gasteiger charge is -2.17. The van der Waals surface area contributed by atoms with E-state index in [4.69, 9.17) is 43.8 Å². The second-order valence-electron chi connectivity index (χ2n) is 5.93. The van der Waals surface area contributed by atoms with Crippen LogP contribution in [0.2, 0.25) is 5.02 Å². The molecule has 0 aliphatic rings. The molecule has 2 rings (SSSR count). The Labute approximate surface area is 165 Å². The summed E-state index contributed by atoms with van der Waals surface area (Å²) in [6.45, 7) is 9.24. The summed E-state index contributed by atoms with van der Waals surface area (Å²) in [4.78, 5) is 0.258. The molecular formula is C20H24ClNO3S. The van der Waals surface area contributed by atoms with E-state index in [9.17, 15) is 0 Å². The normalized spacial score (nSPS) is 10.5. The fourth-order valence-corrected chi connectivity index (χ4v) is 2.93. The fourth-order valence-electron chi connectivity index (χ4n) is 2.55. The largest absolute Gasteiger partial charge is 0.490 e. The molecule has 0 aliphatic heterocycles. The maximum atomic E-state index is 6.32. The van der Waals surface area contributed by atoms with E-state index in [0.29, 0.717) is 41.9 Å². The molecule has 2 aromatic carbocycles. The Morgan fingerprint density at radius 1 is 1.00 bits per heavy atom. The topological polar surface area (TPSA) is 53.7 Å². The van der Waals surface area contributed by atoms with Gasteiger partial charge in [-0.15, -0.1) is 0 Å². The molecule has 0 spiro atoms. The van der Waals surface area contributed by atoms with Crippen molar-refractivity contribution in [1.82, 2.24) is 0 Å². The molecule has 4 nitrogen and oxygen atoms in total. The highest BCUT2D eigenvalue weighted by Crippen LogP contribution is 2.36. The van der Waals surface area contributed by atoms with Crippen LogP contribution in [0.5, 0.6) is 17.2 Å². The molecule has 0 aromatic heterocycles. The van der Waals surface area contributed by atoms with Gasteiger partial charge in [-0.3, -0.25) is 0 Å². The molecule has 2 aromatic rings. The Morgan fingerprint density at radius 2 is 1.62 bits per heavy atom. The Morgan fingerprint density at radius 3 is 2.23 bits per heavy atom. The minimum atomic E-state index is 0.258. The first-order valence-electron chi connectivity index (χ1n) is 8.43. The first kappa shape index (κ1) is 20.3. The lowest BCUT2D eigenvalue weighted by molar-refractivity contribution is 0.207. The predicted octanol–water partition coefficient (Wildman–Crippen LogP) is 4.76. The van der Waals surface area contributed by atoms with Crippen LogP contribution in [0.4, 0.5) is 0 Å². The minimum absolute atomic E-state index is 0.258. The Bertz CT molecular complexity index is 808. The monoisotopic (exact) mass is 393 g/mol. The summed E-state index contributed by atoms with van der Waals surface area (Å²) in [7, 11) is 0. The van der Waals surface area contributed by atoms with Gasteiger partial charge in [0.15, 0.2) is 11.5 Å². The van der Waals surface area contributed by atoms with Crippen LogP contribution in [0, 0.1) is 20.8 Å². The zero-order valence-corrected chi connectivity index (χ0v) is 17.1. The second kappa shape index (κ2) is 9.10. The van der Waals surface area contributed by atoms with E-state index >= 15 is 0 Å². The third-order valence-electron chi connectivity index (χ3n) is 4.04. The zero-order chi connectivity index (χ0) is 19.3. The molecule has 0 unspecified atom stereocenters. The molecule has 0 radical (unpaired) electrons. The van der Waals surface area contributed by atoms with Gasteiger partial charge in [-0.25, -0.2) is 0 Å². The lowest BCUT2D eigenvalue weighted by atomic mass is 10.1. The standard InChI is InChI=1S/C20H24ClNO3S/c1-5-23-17-11-15(20(22)26)10-16(21)19(17)25-9-8-24-18-13(3)7-6-12(2)14(18)4/h6-7,10-11H,5,8-9H2,1-4H3,(H2,22,26). The third-order valence-corrected chi connectivity index (χ3v) is 4.56. The third kappa shape index (κ3) is 4.80. The van der Waals surface area contributed by atoms with Gasteiger partial charge in [-0.2, -0.15) is 0 Å². The van der Waals surface area contributed by atoms with Gasteiger partial charge < -0.3 is 19.9 Å². The number of hydrogen-bond acceptors (Lipinski definition) is 4. The van der Waals surface area contributed by atoms with E-state index in [1.54, 1.807) is 12.1 Å².